The molecule has 0 bridgehead atoms. The zero-order valence-electron chi connectivity index (χ0n) is 16.5. The van der Waals surface area contributed by atoms with E-state index in [1.165, 1.54) is 12.1 Å². The molecule has 1 amide bonds. The van der Waals surface area contributed by atoms with Crippen molar-refractivity contribution in [2.24, 2.45) is 7.05 Å². The number of alkyl halides is 3. The third kappa shape index (κ3) is 3.29. The van der Waals surface area contributed by atoms with Gasteiger partial charge in [-0.2, -0.15) is 18.3 Å². The highest BCUT2D eigenvalue weighted by Crippen LogP contribution is 2.36. The van der Waals surface area contributed by atoms with Gasteiger partial charge in [0.05, 0.1) is 5.56 Å². The second-order valence-corrected chi connectivity index (χ2v) is 7.38. The molecule has 1 aromatic carbocycles. The van der Waals surface area contributed by atoms with Gasteiger partial charge in [-0.1, -0.05) is 0 Å². The molecule has 4 rings (SSSR count). The van der Waals surface area contributed by atoms with Gasteiger partial charge in [-0.25, -0.2) is 0 Å². The molecule has 0 unspecified atom stereocenters. The predicted octanol–water partition coefficient (Wildman–Crippen LogP) is 3.32. The highest BCUT2D eigenvalue weighted by atomic mass is 19.4. The second kappa shape index (κ2) is 6.85. The Morgan fingerprint density at radius 3 is 2.53 bits per heavy atom. The number of carbonyl (C=O) groups excluding carboxylic acids is 1. The Morgan fingerprint density at radius 1 is 1.23 bits per heavy atom. The molecule has 3 aromatic rings. The van der Waals surface area contributed by atoms with Crippen LogP contribution in [0.15, 0.2) is 28.7 Å². The zero-order chi connectivity index (χ0) is 21.7. The summed E-state index contributed by atoms with van der Waals surface area (Å²) >= 11 is 0. The Hall–Kier alpha value is -3.37. The van der Waals surface area contributed by atoms with Gasteiger partial charge in [-0.05, 0) is 44.5 Å². The Kier molecular flexibility index (Phi) is 4.55. The van der Waals surface area contributed by atoms with Crippen LogP contribution < -0.4 is 10.6 Å². The SMILES string of the molecule is Cc1c(-c2nnc([C@@]3(C)CCNC3=O)o2)c(Nc2ccc(C(F)(F)F)cc2)nn1C. The predicted molar refractivity (Wildman–Crippen MR) is 101 cm³/mol. The smallest absolute Gasteiger partial charge is 0.416 e. The molecule has 3 heterocycles. The topological polar surface area (TPSA) is 97.9 Å². The number of anilines is 2. The molecule has 2 aromatic heterocycles. The van der Waals surface area contributed by atoms with Crippen LogP contribution in [0.3, 0.4) is 0 Å². The summed E-state index contributed by atoms with van der Waals surface area (Å²) in [6, 6.07) is 4.61. The molecule has 1 saturated heterocycles. The second-order valence-electron chi connectivity index (χ2n) is 7.38. The maximum atomic E-state index is 12.8. The van der Waals surface area contributed by atoms with Crippen molar-refractivity contribution in [3.63, 3.8) is 0 Å². The standard InChI is InChI=1S/C19H19F3N6O2/c1-10-13(15-25-26-17(30-15)18(2)8-9-23-16(18)29)14(27-28(10)3)24-12-6-4-11(5-7-12)19(20,21)22/h4-7H,8-9H2,1-3H3,(H,23,29)(H,24,27)/t18-/m0/s1. The minimum Gasteiger partial charge on any atom is -0.419 e. The first-order valence-corrected chi connectivity index (χ1v) is 9.20. The van der Waals surface area contributed by atoms with Gasteiger partial charge in [0.25, 0.3) is 5.89 Å². The van der Waals surface area contributed by atoms with Crippen molar-refractivity contribution in [1.82, 2.24) is 25.3 Å². The van der Waals surface area contributed by atoms with E-state index in [2.05, 4.69) is 25.9 Å². The minimum absolute atomic E-state index is 0.172. The first-order chi connectivity index (χ1) is 14.1. The van der Waals surface area contributed by atoms with Gasteiger partial charge in [-0.15, -0.1) is 10.2 Å². The van der Waals surface area contributed by atoms with E-state index in [0.29, 0.717) is 35.7 Å². The summed E-state index contributed by atoms with van der Waals surface area (Å²) in [6.07, 6.45) is -3.87. The van der Waals surface area contributed by atoms with Crippen molar-refractivity contribution in [2.45, 2.75) is 31.9 Å². The first kappa shape index (κ1) is 19.9. The molecular weight excluding hydrogens is 401 g/mol. The van der Waals surface area contributed by atoms with Gasteiger partial charge >= 0.3 is 6.18 Å². The molecule has 0 spiro atoms. The number of nitrogens with zero attached hydrogens (tertiary/aromatic N) is 4. The van der Waals surface area contributed by atoms with Gasteiger partial charge in [-0.3, -0.25) is 9.48 Å². The van der Waals surface area contributed by atoms with Crippen LogP contribution in [0.1, 0.15) is 30.5 Å². The molecule has 11 heteroatoms. The summed E-state index contributed by atoms with van der Waals surface area (Å²) in [7, 11) is 1.72. The van der Waals surface area contributed by atoms with Crippen LogP contribution in [0.4, 0.5) is 24.7 Å². The Labute approximate surface area is 169 Å². The molecular formula is C19H19F3N6O2. The van der Waals surface area contributed by atoms with Crippen LogP contribution in [0.5, 0.6) is 0 Å². The van der Waals surface area contributed by atoms with Crippen LogP contribution in [-0.2, 0) is 23.4 Å². The fraction of sp³-hybridized carbons (Fsp3) is 0.368. The lowest BCUT2D eigenvalue weighted by Gasteiger charge is -2.14. The zero-order valence-corrected chi connectivity index (χ0v) is 16.5. The monoisotopic (exact) mass is 420 g/mol. The Bertz CT molecular complexity index is 1100. The van der Waals surface area contributed by atoms with Gasteiger partial charge in [0.1, 0.15) is 11.0 Å². The number of aryl methyl sites for hydroxylation is 1. The summed E-state index contributed by atoms with van der Waals surface area (Å²) in [5.41, 5.74) is 0.000617. The van der Waals surface area contributed by atoms with Crippen molar-refractivity contribution < 1.29 is 22.4 Å². The van der Waals surface area contributed by atoms with Gasteiger partial charge < -0.3 is 15.1 Å². The molecule has 0 radical (unpaired) electrons. The fourth-order valence-corrected chi connectivity index (χ4v) is 3.32. The van der Waals surface area contributed by atoms with E-state index in [-0.39, 0.29) is 17.7 Å². The summed E-state index contributed by atoms with van der Waals surface area (Å²) in [4.78, 5) is 12.2. The number of aromatic nitrogens is 4. The highest BCUT2D eigenvalue weighted by molar-refractivity contribution is 5.88. The third-order valence-corrected chi connectivity index (χ3v) is 5.33. The maximum Gasteiger partial charge on any atom is 0.416 e. The molecule has 0 aliphatic carbocycles. The number of hydrogen-bond donors (Lipinski definition) is 2. The number of halogens is 3. The quantitative estimate of drug-likeness (QED) is 0.672. The molecule has 1 atom stereocenters. The van der Waals surface area contributed by atoms with Gasteiger partial charge in [0.15, 0.2) is 5.82 Å². The lowest BCUT2D eigenvalue weighted by molar-refractivity contribution is -0.137. The summed E-state index contributed by atoms with van der Waals surface area (Å²) in [6.45, 7) is 4.07. The number of carbonyl (C=O) groups is 1. The van der Waals surface area contributed by atoms with Crippen LogP contribution in [-0.4, -0.2) is 32.4 Å². The lowest BCUT2D eigenvalue weighted by atomic mass is 9.89. The van der Waals surface area contributed by atoms with Crippen LogP contribution in [0.2, 0.25) is 0 Å². The van der Waals surface area contributed by atoms with Crippen molar-refractivity contribution in [2.75, 3.05) is 11.9 Å². The largest absolute Gasteiger partial charge is 0.419 e. The Balaban J connectivity index is 1.67. The number of amides is 1. The molecule has 1 aliphatic heterocycles. The van der Waals surface area contributed by atoms with E-state index in [4.69, 9.17) is 4.42 Å². The van der Waals surface area contributed by atoms with E-state index in [0.717, 1.165) is 12.1 Å². The van der Waals surface area contributed by atoms with E-state index < -0.39 is 17.2 Å². The molecule has 0 saturated carbocycles. The average Bonchev–Trinajstić information content (AvgIpc) is 3.36. The minimum atomic E-state index is -4.41. The molecule has 1 aliphatic rings. The Morgan fingerprint density at radius 2 is 1.93 bits per heavy atom. The number of benzene rings is 1. The van der Waals surface area contributed by atoms with E-state index >= 15 is 0 Å². The first-order valence-electron chi connectivity index (χ1n) is 9.20. The summed E-state index contributed by atoms with van der Waals surface area (Å²) in [5, 5.41) is 18.3. The molecule has 8 nitrogen and oxygen atoms in total. The number of rotatable bonds is 4. The lowest BCUT2D eigenvalue weighted by Crippen LogP contribution is -2.32. The fourth-order valence-electron chi connectivity index (χ4n) is 3.32. The number of nitrogens with one attached hydrogen (secondary N) is 2. The van der Waals surface area contributed by atoms with Crippen molar-refractivity contribution in [1.29, 1.82) is 0 Å². The maximum absolute atomic E-state index is 12.8. The summed E-state index contributed by atoms with van der Waals surface area (Å²) < 4.78 is 45.8. The number of hydrogen-bond acceptors (Lipinski definition) is 6. The summed E-state index contributed by atoms with van der Waals surface area (Å²) in [5.74, 6) is 0.553. The molecule has 30 heavy (non-hydrogen) atoms. The average molecular weight is 420 g/mol. The van der Waals surface area contributed by atoms with Crippen molar-refractivity contribution in [3.05, 3.63) is 41.4 Å². The normalized spacial score (nSPS) is 19.2. The van der Waals surface area contributed by atoms with E-state index in [1.54, 1.807) is 25.6 Å². The highest BCUT2D eigenvalue weighted by Gasteiger charge is 2.44. The van der Waals surface area contributed by atoms with Gasteiger partial charge in [0, 0.05) is 25.0 Å². The van der Waals surface area contributed by atoms with Gasteiger partial charge in [0.2, 0.25) is 11.8 Å². The van der Waals surface area contributed by atoms with Crippen LogP contribution >= 0.6 is 0 Å². The van der Waals surface area contributed by atoms with Crippen LogP contribution in [0.25, 0.3) is 11.5 Å². The molecule has 2 N–H and O–H groups in total. The van der Waals surface area contributed by atoms with Crippen molar-refractivity contribution >= 4 is 17.4 Å². The van der Waals surface area contributed by atoms with Crippen molar-refractivity contribution in [3.8, 4) is 11.5 Å². The third-order valence-electron chi connectivity index (χ3n) is 5.33. The molecule has 158 valence electrons. The van der Waals surface area contributed by atoms with E-state index in [9.17, 15) is 18.0 Å². The van der Waals surface area contributed by atoms with E-state index in [1.807, 2.05) is 0 Å². The van der Waals surface area contributed by atoms with Crippen LogP contribution in [0, 0.1) is 6.92 Å². The molecule has 1 fully saturated rings.